The summed E-state index contributed by atoms with van der Waals surface area (Å²) in [5.74, 6) is 1.30. The second kappa shape index (κ2) is 7.53. The van der Waals surface area contributed by atoms with Gasteiger partial charge in [-0.2, -0.15) is 11.8 Å². The average molecular weight is 278 g/mol. The summed E-state index contributed by atoms with van der Waals surface area (Å²) in [5, 5.41) is 3.81. The van der Waals surface area contributed by atoms with E-state index in [0.717, 1.165) is 24.3 Å². The third-order valence-corrected chi connectivity index (χ3v) is 4.84. The van der Waals surface area contributed by atoms with Crippen molar-refractivity contribution >= 4 is 17.7 Å². The number of carbonyl (C=O) groups is 1. The van der Waals surface area contributed by atoms with Crippen LogP contribution >= 0.6 is 11.8 Å². The number of aryl methyl sites for hydroxylation is 1. The Kier molecular flexibility index (Phi) is 5.70. The summed E-state index contributed by atoms with van der Waals surface area (Å²) in [5.41, 5.74) is 0.989. The van der Waals surface area contributed by atoms with Gasteiger partial charge in [0.2, 0.25) is 5.91 Å². The minimum Gasteiger partial charge on any atom is -0.352 e. The number of rotatable bonds is 6. The number of aromatic nitrogens is 1. The highest BCUT2D eigenvalue weighted by atomic mass is 32.2. The Morgan fingerprint density at radius 3 is 3.11 bits per heavy atom. The summed E-state index contributed by atoms with van der Waals surface area (Å²) >= 11 is 1.98. The number of carbonyl (C=O) groups excluding carboxylic acids is 1. The summed E-state index contributed by atoms with van der Waals surface area (Å²) < 4.78 is 0. The first kappa shape index (κ1) is 14.4. The molecule has 2 atom stereocenters. The monoisotopic (exact) mass is 278 g/mol. The summed E-state index contributed by atoms with van der Waals surface area (Å²) in [6, 6.07) is 6.21. The number of hydrogen-bond donors (Lipinski definition) is 1. The maximum absolute atomic E-state index is 12.0. The van der Waals surface area contributed by atoms with Crippen molar-refractivity contribution < 1.29 is 4.79 Å². The summed E-state index contributed by atoms with van der Waals surface area (Å²) in [7, 11) is 0. The first-order chi connectivity index (χ1) is 9.29. The maximum Gasteiger partial charge on any atom is 0.220 e. The molecule has 1 fully saturated rings. The van der Waals surface area contributed by atoms with Gasteiger partial charge in [0.1, 0.15) is 0 Å². The molecule has 1 N–H and O–H groups in total. The van der Waals surface area contributed by atoms with E-state index in [9.17, 15) is 4.79 Å². The Labute approximate surface area is 119 Å². The zero-order chi connectivity index (χ0) is 13.5. The molecule has 1 saturated carbocycles. The highest BCUT2D eigenvalue weighted by molar-refractivity contribution is 7.99. The molecule has 0 bridgehead atoms. The molecule has 1 aliphatic rings. The van der Waals surface area contributed by atoms with Gasteiger partial charge < -0.3 is 5.32 Å². The summed E-state index contributed by atoms with van der Waals surface area (Å²) in [4.78, 5) is 16.2. The van der Waals surface area contributed by atoms with E-state index in [1.165, 1.54) is 12.8 Å². The van der Waals surface area contributed by atoms with Gasteiger partial charge in [0, 0.05) is 29.6 Å². The molecule has 0 spiro atoms. The molecular formula is C15H22N2OS. The third kappa shape index (κ3) is 4.53. The van der Waals surface area contributed by atoms with Gasteiger partial charge in [0.25, 0.3) is 0 Å². The molecule has 0 saturated heterocycles. The van der Waals surface area contributed by atoms with E-state index in [4.69, 9.17) is 0 Å². The van der Waals surface area contributed by atoms with Gasteiger partial charge >= 0.3 is 0 Å². The number of amides is 1. The molecule has 1 aromatic rings. The topological polar surface area (TPSA) is 42.0 Å². The van der Waals surface area contributed by atoms with E-state index < -0.39 is 0 Å². The second-order valence-corrected chi connectivity index (χ2v) is 6.44. The summed E-state index contributed by atoms with van der Waals surface area (Å²) in [6.07, 6.45) is 6.65. The molecule has 19 heavy (non-hydrogen) atoms. The zero-order valence-electron chi connectivity index (χ0n) is 11.5. The van der Waals surface area contributed by atoms with E-state index >= 15 is 0 Å². The Morgan fingerprint density at radius 2 is 2.37 bits per heavy atom. The van der Waals surface area contributed by atoms with Crippen LogP contribution in [0.25, 0.3) is 0 Å². The van der Waals surface area contributed by atoms with E-state index in [1.807, 2.05) is 30.0 Å². The Morgan fingerprint density at radius 1 is 1.47 bits per heavy atom. The average Bonchev–Trinajstić information content (AvgIpc) is 2.85. The zero-order valence-corrected chi connectivity index (χ0v) is 12.3. The van der Waals surface area contributed by atoms with Crippen LogP contribution in [0.5, 0.6) is 0 Å². The first-order valence-electron chi connectivity index (χ1n) is 7.10. The third-order valence-electron chi connectivity index (χ3n) is 3.51. The normalized spacial score (nSPS) is 22.4. The molecule has 0 unspecified atom stereocenters. The van der Waals surface area contributed by atoms with Gasteiger partial charge in [-0.3, -0.25) is 9.78 Å². The van der Waals surface area contributed by atoms with Gasteiger partial charge in [-0.25, -0.2) is 0 Å². The molecule has 1 amide bonds. The standard InChI is InChI=1S/C15H22N2OS/c1-2-19-14-8-5-7-13(14)17-15(18)10-9-12-6-3-4-11-16-12/h3-4,6,11,13-14H,2,5,7-10H2,1H3,(H,17,18)/t13-,14+/m0/s1. The van der Waals surface area contributed by atoms with Crippen molar-refractivity contribution in [3.05, 3.63) is 30.1 Å². The van der Waals surface area contributed by atoms with Gasteiger partial charge in [-0.1, -0.05) is 19.4 Å². The number of thioether (sulfide) groups is 1. The van der Waals surface area contributed by atoms with Crippen LogP contribution in [0, 0.1) is 0 Å². The van der Waals surface area contributed by atoms with Gasteiger partial charge in [0.15, 0.2) is 0 Å². The van der Waals surface area contributed by atoms with E-state index in [-0.39, 0.29) is 5.91 Å². The van der Waals surface area contributed by atoms with Crippen molar-refractivity contribution in [3.63, 3.8) is 0 Å². The molecule has 3 nitrogen and oxygen atoms in total. The predicted octanol–water partition coefficient (Wildman–Crippen LogP) is 2.80. The lowest BCUT2D eigenvalue weighted by atomic mass is 10.2. The minimum atomic E-state index is 0.166. The predicted molar refractivity (Wildman–Crippen MR) is 80.3 cm³/mol. The van der Waals surface area contributed by atoms with E-state index in [2.05, 4.69) is 17.2 Å². The lowest BCUT2D eigenvalue weighted by molar-refractivity contribution is -0.121. The van der Waals surface area contributed by atoms with Crippen molar-refractivity contribution in [2.24, 2.45) is 0 Å². The maximum atomic E-state index is 12.0. The Balaban J connectivity index is 1.75. The second-order valence-electron chi connectivity index (χ2n) is 4.92. The van der Waals surface area contributed by atoms with Crippen LogP contribution in [0.1, 0.15) is 38.3 Å². The van der Waals surface area contributed by atoms with Crippen LogP contribution in [0.15, 0.2) is 24.4 Å². The SMILES string of the molecule is CCS[C@@H]1CCC[C@@H]1NC(=O)CCc1ccccn1. The van der Waals surface area contributed by atoms with Crippen LogP contribution < -0.4 is 5.32 Å². The van der Waals surface area contributed by atoms with Crippen molar-refractivity contribution in [2.75, 3.05) is 5.75 Å². The van der Waals surface area contributed by atoms with Crippen molar-refractivity contribution in [3.8, 4) is 0 Å². The lowest BCUT2D eigenvalue weighted by Gasteiger charge is -2.20. The lowest BCUT2D eigenvalue weighted by Crippen LogP contribution is -2.38. The molecule has 2 rings (SSSR count). The van der Waals surface area contributed by atoms with E-state index in [0.29, 0.717) is 17.7 Å². The molecule has 0 radical (unpaired) electrons. The fraction of sp³-hybridized carbons (Fsp3) is 0.600. The van der Waals surface area contributed by atoms with Crippen LogP contribution in [-0.2, 0) is 11.2 Å². The number of nitrogens with zero attached hydrogens (tertiary/aromatic N) is 1. The van der Waals surface area contributed by atoms with Crippen LogP contribution in [0.2, 0.25) is 0 Å². The molecule has 1 aromatic heterocycles. The van der Waals surface area contributed by atoms with Gasteiger partial charge in [-0.15, -0.1) is 0 Å². The van der Waals surface area contributed by atoms with Gasteiger partial charge in [-0.05, 0) is 37.1 Å². The molecule has 0 aliphatic heterocycles. The van der Waals surface area contributed by atoms with Crippen molar-refractivity contribution in [2.45, 2.75) is 50.3 Å². The molecular weight excluding hydrogens is 256 g/mol. The van der Waals surface area contributed by atoms with Gasteiger partial charge in [0.05, 0.1) is 0 Å². The highest BCUT2D eigenvalue weighted by Crippen LogP contribution is 2.29. The van der Waals surface area contributed by atoms with Crippen LogP contribution in [-0.4, -0.2) is 27.9 Å². The Bertz CT molecular complexity index is 396. The van der Waals surface area contributed by atoms with Crippen LogP contribution in [0.4, 0.5) is 0 Å². The fourth-order valence-electron chi connectivity index (χ4n) is 2.57. The fourth-order valence-corrected chi connectivity index (χ4v) is 3.77. The smallest absolute Gasteiger partial charge is 0.220 e. The number of hydrogen-bond acceptors (Lipinski definition) is 3. The highest BCUT2D eigenvalue weighted by Gasteiger charge is 2.28. The molecule has 104 valence electrons. The van der Waals surface area contributed by atoms with Crippen molar-refractivity contribution in [1.82, 2.24) is 10.3 Å². The first-order valence-corrected chi connectivity index (χ1v) is 8.15. The van der Waals surface area contributed by atoms with E-state index in [1.54, 1.807) is 6.20 Å². The van der Waals surface area contributed by atoms with Crippen molar-refractivity contribution in [1.29, 1.82) is 0 Å². The minimum absolute atomic E-state index is 0.166. The van der Waals surface area contributed by atoms with Crippen LogP contribution in [0.3, 0.4) is 0 Å². The molecule has 4 heteroatoms. The molecule has 0 aromatic carbocycles. The molecule has 1 heterocycles. The number of nitrogens with one attached hydrogen (secondary N) is 1. The Hall–Kier alpha value is -1.03. The molecule has 1 aliphatic carbocycles. The summed E-state index contributed by atoms with van der Waals surface area (Å²) in [6.45, 7) is 2.18. The number of pyridine rings is 1. The quantitative estimate of drug-likeness (QED) is 0.870. The largest absolute Gasteiger partial charge is 0.352 e.